The van der Waals surface area contributed by atoms with Crippen LogP contribution >= 0.6 is 23.2 Å². The Morgan fingerprint density at radius 1 is 1.15 bits per heavy atom. The molecule has 0 unspecified atom stereocenters. The predicted octanol–water partition coefficient (Wildman–Crippen LogP) is 4.39. The van der Waals surface area contributed by atoms with E-state index in [1.807, 2.05) is 0 Å². The van der Waals surface area contributed by atoms with E-state index >= 15 is 0 Å². The maximum atomic E-state index is 12.3. The average Bonchev–Trinajstić information content (AvgIpc) is 3.12. The lowest BCUT2D eigenvalue weighted by atomic mass is 10.2. The molecule has 0 aliphatic rings. The highest BCUT2D eigenvalue weighted by molar-refractivity contribution is 6.31. The van der Waals surface area contributed by atoms with E-state index < -0.39 is 10.8 Å². The number of hydrogen-bond donors (Lipinski definition) is 1. The zero-order chi connectivity index (χ0) is 19.4. The molecule has 1 N–H and O–H groups in total. The number of benzene rings is 2. The second kappa shape index (κ2) is 8.07. The van der Waals surface area contributed by atoms with Crippen LogP contribution in [0.25, 0.3) is 0 Å². The van der Waals surface area contributed by atoms with Crippen molar-refractivity contribution in [2.75, 3.05) is 5.32 Å². The van der Waals surface area contributed by atoms with Gasteiger partial charge in [0.05, 0.1) is 4.92 Å². The highest BCUT2D eigenvalue weighted by Gasteiger charge is 2.18. The van der Waals surface area contributed by atoms with E-state index in [1.165, 1.54) is 22.9 Å². The van der Waals surface area contributed by atoms with Gasteiger partial charge in [0, 0.05) is 22.3 Å². The van der Waals surface area contributed by atoms with Gasteiger partial charge in [-0.3, -0.25) is 14.9 Å². The van der Waals surface area contributed by atoms with Gasteiger partial charge in [0.25, 0.3) is 11.6 Å². The van der Waals surface area contributed by atoms with E-state index in [4.69, 9.17) is 27.9 Å². The van der Waals surface area contributed by atoms with Gasteiger partial charge in [-0.1, -0.05) is 23.2 Å². The number of nitrogens with zero attached hydrogens (tertiary/aromatic N) is 3. The van der Waals surface area contributed by atoms with Gasteiger partial charge in [-0.05, 0) is 42.5 Å². The highest BCUT2D eigenvalue weighted by Crippen LogP contribution is 2.28. The van der Waals surface area contributed by atoms with Crippen molar-refractivity contribution in [1.29, 1.82) is 0 Å². The SMILES string of the molecule is O=C(Nc1ccc(Cl)cc1[N+](=O)[O-])c1ccn(COc2ccc(Cl)cc2)n1. The van der Waals surface area contributed by atoms with E-state index in [-0.39, 0.29) is 28.8 Å². The Kier molecular flexibility index (Phi) is 5.58. The van der Waals surface area contributed by atoms with E-state index in [0.717, 1.165) is 6.07 Å². The summed E-state index contributed by atoms with van der Waals surface area (Å²) in [5.74, 6) is 0.00311. The predicted molar refractivity (Wildman–Crippen MR) is 100 cm³/mol. The third kappa shape index (κ3) is 4.75. The Morgan fingerprint density at radius 3 is 2.56 bits per heavy atom. The molecule has 0 atom stereocenters. The Morgan fingerprint density at radius 2 is 1.85 bits per heavy atom. The number of halogens is 2. The van der Waals surface area contributed by atoms with Crippen molar-refractivity contribution in [2.45, 2.75) is 6.73 Å². The van der Waals surface area contributed by atoms with E-state index in [0.29, 0.717) is 10.8 Å². The molecule has 1 amide bonds. The number of nitro benzene ring substituents is 1. The molecule has 3 aromatic rings. The molecule has 0 radical (unpaired) electrons. The number of rotatable bonds is 6. The fourth-order valence-electron chi connectivity index (χ4n) is 2.17. The Labute approximate surface area is 163 Å². The smallest absolute Gasteiger partial charge is 0.294 e. The largest absolute Gasteiger partial charge is 0.471 e. The van der Waals surface area contributed by atoms with Gasteiger partial charge in [-0.15, -0.1) is 0 Å². The summed E-state index contributed by atoms with van der Waals surface area (Å²) in [5, 5.41) is 18.4. The molecule has 1 heterocycles. The highest BCUT2D eigenvalue weighted by atomic mass is 35.5. The van der Waals surface area contributed by atoms with Gasteiger partial charge in [0.1, 0.15) is 11.4 Å². The van der Waals surface area contributed by atoms with Crippen LogP contribution in [0.3, 0.4) is 0 Å². The van der Waals surface area contributed by atoms with Crippen LogP contribution in [0.15, 0.2) is 54.7 Å². The zero-order valence-corrected chi connectivity index (χ0v) is 15.1. The van der Waals surface area contributed by atoms with Gasteiger partial charge in [0.15, 0.2) is 12.4 Å². The van der Waals surface area contributed by atoms with Crippen molar-refractivity contribution in [2.24, 2.45) is 0 Å². The maximum absolute atomic E-state index is 12.3. The van der Waals surface area contributed by atoms with Crippen LogP contribution in [0.4, 0.5) is 11.4 Å². The van der Waals surface area contributed by atoms with E-state index in [2.05, 4.69) is 10.4 Å². The monoisotopic (exact) mass is 406 g/mol. The second-order valence-electron chi connectivity index (χ2n) is 5.34. The Hall–Kier alpha value is -3.10. The summed E-state index contributed by atoms with van der Waals surface area (Å²) in [5.41, 5.74) is -0.193. The molecule has 0 fully saturated rings. The molecule has 138 valence electrons. The molecule has 3 rings (SSSR count). The summed E-state index contributed by atoms with van der Waals surface area (Å²) >= 11 is 11.6. The molecular formula is C17H12Cl2N4O4. The number of hydrogen-bond acceptors (Lipinski definition) is 5. The number of ether oxygens (including phenoxy) is 1. The summed E-state index contributed by atoms with van der Waals surface area (Å²) in [7, 11) is 0. The van der Waals surface area contributed by atoms with Gasteiger partial charge in [-0.2, -0.15) is 5.10 Å². The lowest BCUT2D eigenvalue weighted by molar-refractivity contribution is -0.383. The number of anilines is 1. The van der Waals surface area contributed by atoms with Crippen LogP contribution in [0.1, 0.15) is 10.5 Å². The van der Waals surface area contributed by atoms with Crippen molar-refractivity contribution in [1.82, 2.24) is 9.78 Å². The molecule has 27 heavy (non-hydrogen) atoms. The third-order valence-corrected chi connectivity index (χ3v) is 3.94. The minimum Gasteiger partial charge on any atom is -0.471 e. The Balaban J connectivity index is 1.66. The molecule has 0 bridgehead atoms. The van der Waals surface area contributed by atoms with Crippen molar-refractivity contribution in [3.8, 4) is 5.75 Å². The maximum Gasteiger partial charge on any atom is 0.294 e. The molecule has 1 aromatic heterocycles. The van der Waals surface area contributed by atoms with Crippen molar-refractivity contribution < 1.29 is 14.5 Å². The van der Waals surface area contributed by atoms with E-state index in [1.54, 1.807) is 30.5 Å². The number of aromatic nitrogens is 2. The lowest BCUT2D eigenvalue weighted by Gasteiger charge is -2.06. The first kappa shape index (κ1) is 18.7. The number of amides is 1. The minimum atomic E-state index is -0.625. The number of nitrogens with one attached hydrogen (secondary N) is 1. The molecule has 2 aromatic carbocycles. The molecule has 0 aliphatic carbocycles. The van der Waals surface area contributed by atoms with Crippen molar-refractivity contribution in [3.63, 3.8) is 0 Å². The summed E-state index contributed by atoms with van der Waals surface area (Å²) in [6.07, 6.45) is 1.56. The quantitative estimate of drug-likeness (QED) is 0.483. The third-order valence-electron chi connectivity index (χ3n) is 3.46. The summed E-state index contributed by atoms with van der Waals surface area (Å²) in [6, 6.07) is 12.2. The van der Waals surface area contributed by atoms with Gasteiger partial charge < -0.3 is 10.1 Å². The van der Waals surface area contributed by atoms with Gasteiger partial charge in [0.2, 0.25) is 0 Å². The van der Waals surface area contributed by atoms with Crippen LogP contribution < -0.4 is 10.1 Å². The van der Waals surface area contributed by atoms with Crippen LogP contribution in [-0.2, 0) is 6.73 Å². The van der Waals surface area contributed by atoms with Crippen molar-refractivity contribution >= 4 is 40.5 Å². The molecular weight excluding hydrogens is 395 g/mol. The van der Waals surface area contributed by atoms with E-state index in [9.17, 15) is 14.9 Å². The second-order valence-corrected chi connectivity index (χ2v) is 6.21. The summed E-state index contributed by atoms with van der Waals surface area (Å²) in [6.45, 7) is 0.0794. The minimum absolute atomic E-state index is 0.0290. The first-order valence-electron chi connectivity index (χ1n) is 7.59. The van der Waals surface area contributed by atoms with Crippen LogP contribution in [0.2, 0.25) is 10.0 Å². The normalized spacial score (nSPS) is 10.4. The molecule has 0 saturated carbocycles. The number of nitro groups is 1. The topological polar surface area (TPSA) is 99.3 Å². The summed E-state index contributed by atoms with van der Waals surface area (Å²) < 4.78 is 6.94. The van der Waals surface area contributed by atoms with Crippen LogP contribution in [-0.4, -0.2) is 20.6 Å². The molecule has 0 aliphatic heterocycles. The molecule has 10 heteroatoms. The average molecular weight is 407 g/mol. The van der Waals surface area contributed by atoms with Gasteiger partial charge in [-0.25, -0.2) is 4.68 Å². The first-order valence-corrected chi connectivity index (χ1v) is 8.35. The Bertz CT molecular complexity index is 989. The molecule has 8 nitrogen and oxygen atoms in total. The van der Waals surface area contributed by atoms with Gasteiger partial charge >= 0.3 is 0 Å². The standard InChI is InChI=1S/C17H12Cl2N4O4/c18-11-1-4-13(5-2-11)27-10-22-8-7-15(21-22)17(24)20-14-6-3-12(19)9-16(14)23(25)26/h1-9H,10H2,(H,20,24). The zero-order valence-electron chi connectivity index (χ0n) is 13.6. The van der Waals surface area contributed by atoms with Crippen LogP contribution in [0, 0.1) is 10.1 Å². The summed E-state index contributed by atoms with van der Waals surface area (Å²) in [4.78, 5) is 22.8. The molecule has 0 saturated heterocycles. The van der Waals surface area contributed by atoms with Crippen molar-refractivity contribution in [3.05, 3.63) is 80.6 Å². The molecule has 0 spiro atoms. The first-order chi connectivity index (χ1) is 12.9. The fourth-order valence-corrected chi connectivity index (χ4v) is 2.47. The number of carbonyl (C=O) groups is 1. The fraction of sp³-hybridized carbons (Fsp3) is 0.0588. The van der Waals surface area contributed by atoms with Crippen LogP contribution in [0.5, 0.6) is 5.75 Å². The number of carbonyl (C=O) groups excluding carboxylic acids is 1. The lowest BCUT2D eigenvalue weighted by Crippen LogP contribution is -2.15.